The first-order valence-electron chi connectivity index (χ1n) is 13.5. The molecule has 2 aromatic rings. The lowest BCUT2D eigenvalue weighted by Crippen LogP contribution is -2.40. The number of hydrogen-bond donors (Lipinski definition) is 3. The number of benzene rings is 1. The molecule has 10 nitrogen and oxygen atoms in total. The summed E-state index contributed by atoms with van der Waals surface area (Å²) in [6, 6.07) is 7.54. The maximum Gasteiger partial charge on any atom is 0.307 e. The lowest BCUT2D eigenvalue weighted by Gasteiger charge is -2.37. The fourth-order valence-corrected chi connectivity index (χ4v) is 4.90. The van der Waals surface area contributed by atoms with Gasteiger partial charge < -0.3 is 35.0 Å². The molecule has 1 aromatic carbocycles. The number of likely N-dealkylation sites (N-methyl/N-ethyl adjacent to an activating group) is 1. The summed E-state index contributed by atoms with van der Waals surface area (Å²) in [4.78, 5) is 29.7. The van der Waals surface area contributed by atoms with Gasteiger partial charge >= 0.3 is 5.97 Å². The van der Waals surface area contributed by atoms with Crippen LogP contribution in [0.4, 0.5) is 17.1 Å². The third-order valence-corrected chi connectivity index (χ3v) is 6.90. The zero-order valence-electron chi connectivity index (χ0n) is 23.9. The van der Waals surface area contributed by atoms with Crippen LogP contribution in [0.25, 0.3) is 0 Å². The summed E-state index contributed by atoms with van der Waals surface area (Å²) in [5.74, 6) is -0.0974. The number of carboxylic acid groups (broad SMARTS) is 1. The van der Waals surface area contributed by atoms with Crippen LogP contribution in [-0.4, -0.2) is 67.6 Å². The Morgan fingerprint density at radius 1 is 1.25 bits per heavy atom. The van der Waals surface area contributed by atoms with E-state index in [1.165, 1.54) is 16.7 Å². The van der Waals surface area contributed by atoms with E-state index >= 15 is 0 Å². The van der Waals surface area contributed by atoms with Gasteiger partial charge in [-0.3, -0.25) is 9.59 Å². The van der Waals surface area contributed by atoms with Crippen LogP contribution in [0.15, 0.2) is 53.9 Å². The normalized spacial score (nSPS) is 17.9. The average molecular weight is 550 g/mol. The van der Waals surface area contributed by atoms with E-state index in [2.05, 4.69) is 56.4 Å². The summed E-state index contributed by atoms with van der Waals surface area (Å²) in [7, 11) is 2.09. The van der Waals surface area contributed by atoms with Crippen LogP contribution in [0.2, 0.25) is 0 Å². The Labute approximate surface area is 235 Å². The van der Waals surface area contributed by atoms with E-state index in [9.17, 15) is 9.59 Å². The molecule has 3 aliphatic heterocycles. The Morgan fingerprint density at radius 3 is 2.65 bits per heavy atom. The lowest BCUT2D eigenvalue weighted by molar-refractivity contribution is -0.139. The van der Waals surface area contributed by atoms with Crippen LogP contribution in [-0.2, 0) is 20.7 Å². The Hall–Kier alpha value is -4.21. The summed E-state index contributed by atoms with van der Waals surface area (Å²) in [5, 5.41) is 15.8. The van der Waals surface area contributed by atoms with Gasteiger partial charge in [0.05, 0.1) is 24.8 Å². The van der Waals surface area contributed by atoms with Gasteiger partial charge in [0.15, 0.2) is 0 Å². The molecule has 0 bridgehead atoms. The number of carbonyl (C=O) groups is 2. The van der Waals surface area contributed by atoms with Crippen molar-refractivity contribution in [2.45, 2.75) is 52.3 Å². The number of nitrogens with zero attached hydrogens (tertiary/aromatic N) is 3. The number of aromatic nitrogens is 1. The third-order valence-electron chi connectivity index (χ3n) is 6.90. The predicted molar refractivity (Wildman–Crippen MR) is 156 cm³/mol. The third kappa shape index (κ3) is 7.25. The van der Waals surface area contributed by atoms with Crippen molar-refractivity contribution in [1.82, 2.24) is 10.3 Å². The van der Waals surface area contributed by atoms with Crippen molar-refractivity contribution < 1.29 is 24.2 Å². The molecule has 1 atom stereocenters. The van der Waals surface area contributed by atoms with E-state index in [1.807, 2.05) is 51.2 Å². The van der Waals surface area contributed by atoms with E-state index in [4.69, 9.17) is 9.84 Å². The first-order valence-corrected chi connectivity index (χ1v) is 13.5. The van der Waals surface area contributed by atoms with E-state index in [0.717, 1.165) is 54.6 Å². The Balaban J connectivity index is 0.000000470. The standard InChI is InChI=1S/C25H29N5O3.C5H10O2/c1-16-21(14-27-25-24(16)29(2)9-10-33-25)30-8-7-18-13-26-22(12-19(18)15-30)28-20-5-3-17(4-6-20)11-23(31)32;1-5(2,3)7-4-6/h3-6,12-14,22,26,28H,7-11,15H2,1-2H3,(H,31,32);4H,1-3H3. The second-order valence-electron chi connectivity index (χ2n) is 11.1. The number of nitrogens with one attached hydrogen (secondary N) is 2. The molecule has 0 saturated carbocycles. The molecule has 3 N–H and O–H groups in total. The van der Waals surface area contributed by atoms with Gasteiger partial charge in [-0.25, -0.2) is 4.98 Å². The quantitative estimate of drug-likeness (QED) is 0.459. The SMILES string of the molecule is CC(C)(C)OC=O.Cc1c(N2CCC3=CNC(Nc4ccc(CC(=O)O)cc4)C=C3C2)cnc2c1N(C)CCO2. The number of carbonyl (C=O) groups excluding carboxylic acids is 1. The number of ether oxygens (including phenoxy) is 2. The van der Waals surface area contributed by atoms with Crippen LogP contribution in [0.3, 0.4) is 0 Å². The van der Waals surface area contributed by atoms with E-state index in [0.29, 0.717) is 13.1 Å². The zero-order valence-corrected chi connectivity index (χ0v) is 23.9. The number of pyridine rings is 1. The van der Waals surface area contributed by atoms with Crippen molar-refractivity contribution >= 4 is 29.5 Å². The zero-order chi connectivity index (χ0) is 28.9. The number of fused-ring (bicyclic) bond motifs is 2. The molecule has 3 aliphatic rings. The maximum atomic E-state index is 10.9. The van der Waals surface area contributed by atoms with E-state index in [-0.39, 0.29) is 18.2 Å². The lowest BCUT2D eigenvalue weighted by atomic mass is 9.94. The van der Waals surface area contributed by atoms with Gasteiger partial charge in [0, 0.05) is 37.6 Å². The number of hydrogen-bond acceptors (Lipinski definition) is 9. The minimum absolute atomic E-state index is 0.0312. The van der Waals surface area contributed by atoms with Gasteiger partial charge in [-0.05, 0) is 69.0 Å². The van der Waals surface area contributed by atoms with E-state index < -0.39 is 5.97 Å². The summed E-state index contributed by atoms with van der Waals surface area (Å²) < 4.78 is 10.3. The van der Waals surface area contributed by atoms with Gasteiger partial charge in [0.2, 0.25) is 5.88 Å². The Morgan fingerprint density at radius 2 is 2.00 bits per heavy atom. The largest absolute Gasteiger partial charge is 0.481 e. The highest BCUT2D eigenvalue weighted by molar-refractivity contribution is 5.72. The second-order valence-corrected chi connectivity index (χ2v) is 11.1. The summed E-state index contributed by atoms with van der Waals surface area (Å²) in [6.45, 7) is 11.4. The molecule has 0 radical (unpaired) electrons. The summed E-state index contributed by atoms with van der Waals surface area (Å²) in [6.07, 6.45) is 7.27. The van der Waals surface area contributed by atoms with Crippen molar-refractivity contribution in [2.24, 2.45) is 0 Å². The number of rotatable bonds is 6. The molecule has 0 aliphatic carbocycles. The molecule has 214 valence electrons. The molecule has 4 heterocycles. The molecule has 1 fully saturated rings. The smallest absolute Gasteiger partial charge is 0.307 e. The molecule has 1 aromatic heterocycles. The van der Waals surface area contributed by atoms with Gasteiger partial charge in [0.1, 0.15) is 24.1 Å². The number of anilines is 3. The highest BCUT2D eigenvalue weighted by Gasteiger charge is 2.27. The fourth-order valence-electron chi connectivity index (χ4n) is 4.90. The van der Waals surface area contributed by atoms with Crippen molar-refractivity contribution in [1.29, 1.82) is 0 Å². The topological polar surface area (TPSA) is 116 Å². The van der Waals surface area contributed by atoms with Crippen LogP contribution in [0, 0.1) is 6.92 Å². The number of aliphatic carboxylic acids is 1. The minimum Gasteiger partial charge on any atom is -0.481 e. The van der Waals surface area contributed by atoms with Crippen molar-refractivity contribution in [3.8, 4) is 5.88 Å². The number of dihydropyridines is 1. The first kappa shape index (κ1) is 28.8. The summed E-state index contributed by atoms with van der Waals surface area (Å²) >= 11 is 0. The molecule has 5 rings (SSSR count). The molecular formula is C30H39N5O5. The van der Waals surface area contributed by atoms with E-state index in [1.54, 1.807) is 0 Å². The van der Waals surface area contributed by atoms with Gasteiger partial charge in [-0.15, -0.1) is 0 Å². The molecule has 1 unspecified atom stereocenters. The second kappa shape index (κ2) is 12.3. The van der Waals surface area contributed by atoms with Crippen LogP contribution < -0.4 is 25.2 Å². The van der Waals surface area contributed by atoms with Crippen LogP contribution in [0.5, 0.6) is 5.88 Å². The molecule has 1 saturated heterocycles. The summed E-state index contributed by atoms with van der Waals surface area (Å²) in [5.41, 5.74) is 7.52. The molecule has 40 heavy (non-hydrogen) atoms. The predicted octanol–water partition coefficient (Wildman–Crippen LogP) is 3.87. The van der Waals surface area contributed by atoms with Crippen molar-refractivity contribution in [2.75, 3.05) is 48.4 Å². The molecule has 0 spiro atoms. The monoisotopic (exact) mass is 549 g/mol. The number of piperidine rings is 1. The highest BCUT2D eigenvalue weighted by atomic mass is 16.5. The Kier molecular flexibility index (Phi) is 8.86. The van der Waals surface area contributed by atoms with Gasteiger partial charge in [-0.1, -0.05) is 12.1 Å². The number of carboxylic acids is 1. The molecule has 10 heteroatoms. The van der Waals surface area contributed by atoms with Crippen molar-refractivity contribution in [3.63, 3.8) is 0 Å². The first-order chi connectivity index (χ1) is 19.0. The van der Waals surface area contributed by atoms with Crippen molar-refractivity contribution in [3.05, 3.63) is 65.0 Å². The average Bonchev–Trinajstić information content (AvgIpc) is 2.89. The van der Waals surface area contributed by atoms with Gasteiger partial charge in [-0.2, -0.15) is 0 Å². The highest BCUT2D eigenvalue weighted by Crippen LogP contribution is 2.39. The van der Waals surface area contributed by atoms with Crippen LogP contribution in [0.1, 0.15) is 38.3 Å². The maximum absolute atomic E-state index is 10.9. The molecular weight excluding hydrogens is 510 g/mol. The minimum atomic E-state index is -0.822. The molecule has 0 amide bonds. The fraction of sp³-hybridized carbons (Fsp3) is 0.433. The van der Waals surface area contributed by atoms with Crippen LogP contribution >= 0.6 is 0 Å². The van der Waals surface area contributed by atoms with Gasteiger partial charge in [0.25, 0.3) is 6.47 Å². The Bertz CT molecular complexity index is 1280.